The zero-order valence-corrected chi connectivity index (χ0v) is 19.1. The van der Waals surface area contributed by atoms with Gasteiger partial charge in [0.25, 0.3) is 0 Å². The first-order valence-electron chi connectivity index (χ1n) is 9.94. The van der Waals surface area contributed by atoms with Crippen molar-refractivity contribution in [2.45, 2.75) is 38.8 Å². The highest BCUT2D eigenvalue weighted by atomic mass is 35.5. The fourth-order valence-corrected chi connectivity index (χ4v) is 3.79. The Morgan fingerprint density at radius 2 is 1.57 bits per heavy atom. The molecule has 3 aromatic rings. The van der Waals surface area contributed by atoms with Crippen LogP contribution in [0.15, 0.2) is 36.8 Å². The topological polar surface area (TPSA) is 57.0 Å². The van der Waals surface area contributed by atoms with Crippen LogP contribution in [0.2, 0.25) is 5.15 Å². The van der Waals surface area contributed by atoms with Crippen molar-refractivity contribution in [3.63, 3.8) is 0 Å². The van der Waals surface area contributed by atoms with Crippen molar-refractivity contribution in [1.82, 2.24) is 14.8 Å². The lowest BCUT2D eigenvalue weighted by atomic mass is 9.87. The van der Waals surface area contributed by atoms with Crippen LogP contribution in [0.25, 0.3) is 16.8 Å². The van der Waals surface area contributed by atoms with Crippen molar-refractivity contribution in [1.29, 1.82) is 0 Å². The van der Waals surface area contributed by atoms with Gasteiger partial charge in [-0.15, -0.1) is 0 Å². The minimum absolute atomic E-state index is 0.0293. The van der Waals surface area contributed by atoms with E-state index in [2.05, 4.69) is 10.1 Å². The van der Waals surface area contributed by atoms with Gasteiger partial charge in [-0.1, -0.05) is 23.7 Å². The minimum Gasteiger partial charge on any atom is -0.462 e. The average molecular weight is 524 g/mol. The molecule has 0 radical (unpaired) electrons. The van der Waals surface area contributed by atoms with E-state index < -0.39 is 29.6 Å². The number of hydrogen-bond donors (Lipinski definition) is 0. The van der Waals surface area contributed by atoms with Gasteiger partial charge < -0.3 is 4.74 Å². The predicted octanol–water partition coefficient (Wildman–Crippen LogP) is 6.67. The SMILES string of the molecule is CCOC(=O)c1cc(-n2cc(-c3c(C)cc(C(F)(C(F)(F)F)C(F)(F)F)cc3C)cn2)cnc1Cl. The van der Waals surface area contributed by atoms with E-state index in [9.17, 15) is 35.5 Å². The number of aromatic nitrogens is 3. The van der Waals surface area contributed by atoms with E-state index in [1.807, 2.05) is 0 Å². The largest absolute Gasteiger partial charge is 0.462 e. The maximum Gasteiger partial charge on any atom is 0.435 e. The van der Waals surface area contributed by atoms with Crippen molar-refractivity contribution in [2.75, 3.05) is 6.61 Å². The first kappa shape index (κ1) is 26.5. The molecule has 0 saturated heterocycles. The molecule has 3 rings (SSSR count). The smallest absolute Gasteiger partial charge is 0.435 e. The lowest BCUT2D eigenvalue weighted by Gasteiger charge is -2.31. The van der Waals surface area contributed by atoms with Gasteiger partial charge in [-0.3, -0.25) is 0 Å². The molecule has 2 aromatic heterocycles. The minimum atomic E-state index is -6.21. The van der Waals surface area contributed by atoms with E-state index in [1.165, 1.54) is 43.2 Å². The van der Waals surface area contributed by atoms with Gasteiger partial charge in [0, 0.05) is 17.3 Å². The molecule has 0 atom stereocenters. The van der Waals surface area contributed by atoms with Crippen molar-refractivity contribution >= 4 is 17.6 Å². The quantitative estimate of drug-likeness (QED) is 0.213. The van der Waals surface area contributed by atoms with Crippen molar-refractivity contribution in [3.05, 3.63) is 64.2 Å². The van der Waals surface area contributed by atoms with Gasteiger partial charge in [0.15, 0.2) is 0 Å². The maximum atomic E-state index is 14.5. The van der Waals surface area contributed by atoms with Crippen LogP contribution in [0.1, 0.15) is 34.0 Å². The summed E-state index contributed by atoms with van der Waals surface area (Å²) in [5, 5.41) is 4.01. The Bertz CT molecular complexity index is 1230. The van der Waals surface area contributed by atoms with Gasteiger partial charge in [0.2, 0.25) is 0 Å². The van der Waals surface area contributed by atoms with E-state index in [0.29, 0.717) is 17.7 Å². The maximum absolute atomic E-state index is 14.5. The second-order valence-electron chi connectivity index (χ2n) is 7.56. The molecule has 5 nitrogen and oxygen atoms in total. The standard InChI is InChI=1S/C22H17ClF7N3O2/c1-4-35-19(34)16-7-15(9-31-18(16)23)33-10-13(8-32-33)17-11(2)5-14(6-12(17)3)20(24,21(25,26)27)22(28,29)30/h5-10H,4H2,1-3H3. The molecule has 0 amide bonds. The zero-order valence-electron chi connectivity index (χ0n) is 18.4. The molecule has 0 N–H and O–H groups in total. The van der Waals surface area contributed by atoms with Gasteiger partial charge in [-0.2, -0.15) is 31.4 Å². The molecule has 188 valence electrons. The number of benzene rings is 1. The molecular formula is C22H17ClF7N3O2. The summed E-state index contributed by atoms with van der Waals surface area (Å²) in [6, 6.07) is 2.39. The molecule has 1 aromatic carbocycles. The molecule has 13 heteroatoms. The number of pyridine rings is 1. The van der Waals surface area contributed by atoms with Gasteiger partial charge in [-0.25, -0.2) is 18.9 Å². The number of carbonyl (C=O) groups is 1. The molecule has 35 heavy (non-hydrogen) atoms. The van der Waals surface area contributed by atoms with Crippen LogP contribution in [0.3, 0.4) is 0 Å². The summed E-state index contributed by atoms with van der Waals surface area (Å²) in [5.41, 5.74) is -6.32. The molecule has 0 unspecified atom stereocenters. The van der Waals surface area contributed by atoms with Crippen LogP contribution in [-0.2, 0) is 10.4 Å². The number of aryl methyl sites for hydroxylation is 2. The summed E-state index contributed by atoms with van der Waals surface area (Å²) in [6.07, 6.45) is -8.40. The van der Waals surface area contributed by atoms with E-state index in [4.69, 9.17) is 16.3 Å². The number of halogens is 8. The van der Waals surface area contributed by atoms with Gasteiger partial charge >= 0.3 is 24.0 Å². The molecule has 0 aliphatic heterocycles. The molecule has 0 aliphatic rings. The van der Waals surface area contributed by atoms with Gasteiger partial charge in [-0.05, 0) is 43.5 Å². The summed E-state index contributed by atoms with van der Waals surface area (Å²) >= 11 is 5.94. The monoisotopic (exact) mass is 523 g/mol. The number of nitrogens with zero attached hydrogens (tertiary/aromatic N) is 3. The molecule has 0 bridgehead atoms. The van der Waals surface area contributed by atoms with Crippen LogP contribution in [-0.4, -0.2) is 39.7 Å². The Morgan fingerprint density at radius 1 is 1.00 bits per heavy atom. The fraction of sp³-hybridized carbons (Fsp3) is 0.318. The van der Waals surface area contributed by atoms with Crippen molar-refractivity contribution < 1.29 is 40.3 Å². The highest BCUT2D eigenvalue weighted by Crippen LogP contribution is 2.54. The van der Waals surface area contributed by atoms with Crippen LogP contribution < -0.4 is 0 Å². The summed E-state index contributed by atoms with van der Waals surface area (Å²) < 4.78 is 99.8. The summed E-state index contributed by atoms with van der Waals surface area (Å²) in [7, 11) is 0. The Morgan fingerprint density at radius 3 is 2.09 bits per heavy atom. The number of alkyl halides is 7. The number of ether oxygens (including phenoxy) is 1. The molecular weight excluding hydrogens is 507 g/mol. The van der Waals surface area contributed by atoms with Crippen LogP contribution >= 0.6 is 11.6 Å². The average Bonchev–Trinajstić information content (AvgIpc) is 3.21. The Kier molecular flexibility index (Phi) is 6.91. The zero-order chi connectivity index (χ0) is 26.3. The molecule has 0 aliphatic carbocycles. The van der Waals surface area contributed by atoms with Gasteiger partial charge in [0.05, 0.1) is 30.3 Å². The third kappa shape index (κ3) is 4.71. The molecule has 0 spiro atoms. The highest BCUT2D eigenvalue weighted by molar-refractivity contribution is 6.32. The number of carbonyl (C=O) groups excluding carboxylic acids is 1. The number of rotatable bonds is 5. The fourth-order valence-electron chi connectivity index (χ4n) is 3.61. The first-order chi connectivity index (χ1) is 16.1. The molecule has 0 saturated carbocycles. The van der Waals surface area contributed by atoms with Crippen molar-refractivity contribution in [3.8, 4) is 16.8 Å². The summed E-state index contributed by atoms with van der Waals surface area (Å²) in [5.74, 6) is -0.717. The van der Waals surface area contributed by atoms with E-state index in [1.54, 1.807) is 6.92 Å². The number of hydrogen-bond acceptors (Lipinski definition) is 4. The lowest BCUT2D eigenvalue weighted by Crippen LogP contribution is -2.50. The van der Waals surface area contributed by atoms with E-state index in [0.717, 1.165) is 0 Å². The van der Waals surface area contributed by atoms with E-state index >= 15 is 0 Å². The third-order valence-corrected chi connectivity index (χ3v) is 5.47. The normalized spacial score (nSPS) is 12.7. The van der Waals surface area contributed by atoms with Gasteiger partial charge in [0.1, 0.15) is 5.15 Å². The molecule has 2 heterocycles. The van der Waals surface area contributed by atoms with E-state index in [-0.39, 0.29) is 39.7 Å². The van der Waals surface area contributed by atoms with Crippen LogP contribution in [0, 0.1) is 13.8 Å². The second-order valence-corrected chi connectivity index (χ2v) is 7.92. The van der Waals surface area contributed by atoms with Crippen LogP contribution in [0.4, 0.5) is 30.7 Å². The van der Waals surface area contributed by atoms with Crippen molar-refractivity contribution in [2.24, 2.45) is 0 Å². The van der Waals surface area contributed by atoms with Crippen LogP contribution in [0.5, 0.6) is 0 Å². The highest BCUT2D eigenvalue weighted by Gasteiger charge is 2.73. The Hall–Kier alpha value is -3.15. The molecule has 0 fully saturated rings. The second kappa shape index (κ2) is 9.14. The predicted molar refractivity (Wildman–Crippen MR) is 112 cm³/mol. The first-order valence-corrected chi connectivity index (χ1v) is 10.3. The summed E-state index contributed by atoms with van der Waals surface area (Å²) in [4.78, 5) is 16.0. The Balaban J connectivity index is 2.06. The third-order valence-electron chi connectivity index (χ3n) is 5.17. The lowest BCUT2D eigenvalue weighted by molar-refractivity contribution is -0.348. The summed E-state index contributed by atoms with van der Waals surface area (Å²) in [6.45, 7) is 4.23. The number of esters is 1. The Labute approximate surface area is 199 Å².